The Hall–Kier alpha value is -3.73. The number of halogens is 3. The Morgan fingerprint density at radius 1 is 0.971 bits per heavy atom. The van der Waals surface area contributed by atoms with Gasteiger partial charge in [0, 0.05) is 0 Å². The summed E-state index contributed by atoms with van der Waals surface area (Å²) in [5.41, 5.74) is 0.0362. The lowest BCUT2D eigenvalue weighted by Gasteiger charge is -2.35. The number of thioether (sulfide) groups is 1. The first kappa shape index (κ1) is 22.1. The summed E-state index contributed by atoms with van der Waals surface area (Å²) in [6.45, 7) is 0. The maximum atomic E-state index is 13.4. The van der Waals surface area contributed by atoms with Crippen LogP contribution in [0.1, 0.15) is 5.56 Å². The lowest BCUT2D eigenvalue weighted by molar-refractivity contribution is -0.137. The number of aliphatic imine (C=N–C) groups is 1. The molecule has 5 rings (SSSR count). The van der Waals surface area contributed by atoms with Crippen molar-refractivity contribution < 1.29 is 18.0 Å². The fraction of sp³-hybridized carbons (Fsp3) is 0.174. The molecule has 34 heavy (non-hydrogen) atoms. The summed E-state index contributed by atoms with van der Waals surface area (Å²) < 4.78 is 41.6. The normalized spacial score (nSPS) is 19.8. The second kappa shape index (κ2) is 8.90. The molecule has 1 aromatic heterocycles. The summed E-state index contributed by atoms with van der Waals surface area (Å²) in [4.78, 5) is 19.4. The molecule has 172 valence electrons. The second-order valence-corrected chi connectivity index (χ2v) is 8.49. The van der Waals surface area contributed by atoms with Crippen LogP contribution in [0.4, 0.5) is 18.9 Å². The number of carbonyl (C=O) groups excluding carboxylic acids is 1. The van der Waals surface area contributed by atoms with Crippen LogP contribution < -0.4 is 4.90 Å². The molecule has 0 saturated carbocycles. The van der Waals surface area contributed by atoms with E-state index in [0.29, 0.717) is 11.0 Å². The topological polar surface area (TPSA) is 76.3 Å². The third kappa shape index (κ3) is 4.26. The van der Waals surface area contributed by atoms with Gasteiger partial charge in [0.2, 0.25) is 11.1 Å². The molecule has 1 aliphatic carbocycles. The molecule has 0 spiro atoms. The number of hydrogen-bond donors (Lipinski definition) is 0. The number of amidine groups is 1. The maximum Gasteiger partial charge on any atom is 0.416 e. The molecule has 0 saturated heterocycles. The predicted octanol–water partition coefficient (Wildman–Crippen LogP) is 4.33. The third-order valence-corrected chi connectivity index (χ3v) is 6.29. The fourth-order valence-corrected chi connectivity index (χ4v) is 4.60. The molecule has 1 aliphatic heterocycles. The van der Waals surface area contributed by atoms with Gasteiger partial charge in [-0.15, -0.1) is 5.10 Å². The van der Waals surface area contributed by atoms with E-state index in [2.05, 4.69) is 15.5 Å². The van der Waals surface area contributed by atoms with E-state index in [1.807, 2.05) is 36.4 Å². The van der Waals surface area contributed by atoms with E-state index in [1.165, 1.54) is 28.8 Å². The van der Waals surface area contributed by atoms with Gasteiger partial charge in [0.1, 0.15) is 5.84 Å². The maximum absolute atomic E-state index is 13.4. The average Bonchev–Trinajstić information content (AvgIpc) is 3.32. The number of rotatable bonds is 5. The van der Waals surface area contributed by atoms with Gasteiger partial charge in [0.15, 0.2) is 0 Å². The molecule has 7 nitrogen and oxygen atoms in total. The number of alkyl halides is 3. The highest BCUT2D eigenvalue weighted by molar-refractivity contribution is 7.99. The predicted molar refractivity (Wildman–Crippen MR) is 122 cm³/mol. The summed E-state index contributed by atoms with van der Waals surface area (Å²) in [6, 6.07) is 13.6. The van der Waals surface area contributed by atoms with Crippen LogP contribution in [0, 0.1) is 5.92 Å². The van der Waals surface area contributed by atoms with E-state index < -0.39 is 23.7 Å². The Kier molecular flexibility index (Phi) is 5.78. The van der Waals surface area contributed by atoms with Gasteiger partial charge >= 0.3 is 6.18 Å². The summed E-state index contributed by atoms with van der Waals surface area (Å²) in [5, 5.41) is 12.3. The van der Waals surface area contributed by atoms with Crippen LogP contribution in [0.5, 0.6) is 0 Å². The SMILES string of the molecule is O=C1C2C=CC=CC2N=C(CSc2nnnn2-c2ccccc2)N1c1cccc(C(F)(F)F)c1. The number of para-hydroxylation sites is 1. The molecule has 1 amide bonds. The van der Waals surface area contributed by atoms with Crippen molar-refractivity contribution in [2.75, 3.05) is 10.7 Å². The zero-order chi connectivity index (χ0) is 23.7. The van der Waals surface area contributed by atoms with Crippen LogP contribution in [-0.2, 0) is 11.0 Å². The molecular weight excluding hydrogens is 465 g/mol. The number of anilines is 1. The van der Waals surface area contributed by atoms with E-state index in [4.69, 9.17) is 4.99 Å². The molecule has 2 aliphatic rings. The first-order valence-electron chi connectivity index (χ1n) is 10.3. The van der Waals surface area contributed by atoms with E-state index in [0.717, 1.165) is 17.8 Å². The van der Waals surface area contributed by atoms with E-state index in [9.17, 15) is 18.0 Å². The highest BCUT2D eigenvalue weighted by Gasteiger charge is 2.39. The molecule has 0 fully saturated rings. The molecule has 2 heterocycles. The number of hydrogen-bond acceptors (Lipinski definition) is 6. The number of allylic oxidation sites excluding steroid dienone is 2. The number of carbonyl (C=O) groups is 1. The van der Waals surface area contributed by atoms with E-state index >= 15 is 0 Å². The number of fused-ring (bicyclic) bond motifs is 1. The average molecular weight is 482 g/mol. The monoisotopic (exact) mass is 482 g/mol. The van der Waals surface area contributed by atoms with Crippen LogP contribution in [0.25, 0.3) is 5.69 Å². The van der Waals surface area contributed by atoms with Crippen molar-refractivity contribution in [2.24, 2.45) is 10.9 Å². The van der Waals surface area contributed by atoms with Crippen molar-refractivity contribution in [3.05, 3.63) is 84.5 Å². The van der Waals surface area contributed by atoms with Crippen LogP contribution >= 0.6 is 11.8 Å². The van der Waals surface area contributed by atoms with Crippen molar-refractivity contribution >= 4 is 29.2 Å². The van der Waals surface area contributed by atoms with Crippen LogP contribution in [-0.4, -0.2) is 43.7 Å². The molecule has 2 unspecified atom stereocenters. The van der Waals surface area contributed by atoms with Gasteiger partial charge in [-0.2, -0.15) is 17.9 Å². The molecule has 2 aromatic carbocycles. The minimum absolute atomic E-state index is 0.114. The standard InChI is InChI=1S/C23H17F3N6OS/c24-23(25,26)15-7-6-10-17(13-15)31-20(27-19-12-5-4-11-18(19)21(31)33)14-34-22-28-29-30-32(22)16-8-2-1-3-9-16/h1-13,18-19H,14H2. The van der Waals surface area contributed by atoms with Gasteiger partial charge in [-0.3, -0.25) is 14.7 Å². The first-order valence-corrected chi connectivity index (χ1v) is 11.3. The molecule has 3 aromatic rings. The van der Waals surface area contributed by atoms with Gasteiger partial charge in [0.25, 0.3) is 0 Å². The minimum Gasteiger partial charge on any atom is -0.273 e. The van der Waals surface area contributed by atoms with Crippen LogP contribution in [0.3, 0.4) is 0 Å². The molecule has 2 atom stereocenters. The number of aromatic nitrogens is 4. The first-order chi connectivity index (χ1) is 16.4. The van der Waals surface area contributed by atoms with Crippen molar-refractivity contribution in [2.45, 2.75) is 17.4 Å². The van der Waals surface area contributed by atoms with Crippen molar-refractivity contribution in [1.82, 2.24) is 20.2 Å². The molecule has 0 radical (unpaired) electrons. The number of benzene rings is 2. The van der Waals surface area contributed by atoms with Gasteiger partial charge in [0.05, 0.1) is 34.7 Å². The summed E-state index contributed by atoms with van der Waals surface area (Å²) in [5.74, 6) is -0.407. The molecule has 0 bridgehead atoms. The van der Waals surface area contributed by atoms with E-state index in [-0.39, 0.29) is 17.3 Å². The van der Waals surface area contributed by atoms with Gasteiger partial charge in [-0.25, -0.2) is 0 Å². The summed E-state index contributed by atoms with van der Waals surface area (Å²) in [7, 11) is 0. The lowest BCUT2D eigenvalue weighted by Crippen LogP contribution is -2.49. The Labute approximate surface area is 196 Å². The number of nitrogens with zero attached hydrogens (tertiary/aromatic N) is 6. The lowest BCUT2D eigenvalue weighted by atomic mass is 9.92. The molecular formula is C23H17F3N6OS. The Bertz CT molecular complexity index is 1300. The summed E-state index contributed by atoms with van der Waals surface area (Å²) in [6.07, 6.45) is 2.54. The Balaban J connectivity index is 1.49. The zero-order valence-corrected chi connectivity index (χ0v) is 18.3. The number of tetrazole rings is 1. The second-order valence-electron chi connectivity index (χ2n) is 7.55. The van der Waals surface area contributed by atoms with Gasteiger partial charge in [-0.05, 0) is 40.8 Å². The minimum atomic E-state index is -4.53. The van der Waals surface area contributed by atoms with Gasteiger partial charge < -0.3 is 0 Å². The van der Waals surface area contributed by atoms with Crippen molar-refractivity contribution in [3.63, 3.8) is 0 Å². The summed E-state index contributed by atoms with van der Waals surface area (Å²) >= 11 is 1.24. The van der Waals surface area contributed by atoms with Crippen LogP contribution in [0.2, 0.25) is 0 Å². The molecule has 0 N–H and O–H groups in total. The highest BCUT2D eigenvalue weighted by Crippen LogP contribution is 2.35. The fourth-order valence-electron chi connectivity index (χ4n) is 3.78. The largest absolute Gasteiger partial charge is 0.416 e. The van der Waals surface area contributed by atoms with Crippen molar-refractivity contribution in [1.29, 1.82) is 0 Å². The van der Waals surface area contributed by atoms with Crippen LogP contribution in [0.15, 0.2) is 89.1 Å². The molecule has 11 heteroatoms. The van der Waals surface area contributed by atoms with Gasteiger partial charge in [-0.1, -0.05) is 60.3 Å². The zero-order valence-electron chi connectivity index (χ0n) is 17.5. The Morgan fingerprint density at radius 2 is 1.74 bits per heavy atom. The third-order valence-electron chi connectivity index (χ3n) is 5.37. The highest BCUT2D eigenvalue weighted by atomic mass is 32.2. The Morgan fingerprint density at radius 3 is 2.53 bits per heavy atom. The number of amides is 1. The van der Waals surface area contributed by atoms with Crippen molar-refractivity contribution in [3.8, 4) is 5.69 Å². The quantitative estimate of drug-likeness (QED) is 0.506. The smallest absolute Gasteiger partial charge is 0.273 e. The van der Waals surface area contributed by atoms with E-state index in [1.54, 1.807) is 22.9 Å².